The Kier molecular flexibility index (Phi) is 2.70. The Balaban J connectivity index is 2.25. The number of amidine groups is 1. The molecule has 0 fully saturated rings. The number of aliphatic imine (C=N–C) groups is 1. The number of thioether (sulfide) groups is 1. The van der Waals surface area contributed by atoms with Crippen LogP contribution < -0.4 is 5.73 Å². The van der Waals surface area contributed by atoms with Crippen LogP contribution in [0, 0.1) is 0 Å². The van der Waals surface area contributed by atoms with Gasteiger partial charge in [-0.15, -0.1) is 0 Å². The predicted octanol–water partition coefficient (Wildman–Crippen LogP) is 2.83. The highest BCUT2D eigenvalue weighted by Gasteiger charge is 2.26. The van der Waals surface area contributed by atoms with E-state index in [-0.39, 0.29) is 6.04 Å². The Morgan fingerprint density at radius 2 is 2.29 bits per heavy atom. The standard InChI is InChI=1S/C10H11ClN2S/c1-6-9(14-10(12)13-6)7-3-2-4-8(11)5-7/h2-6,9H,1H3,(H2,12,13)/t6-,9?/m1/s1. The second kappa shape index (κ2) is 3.83. The van der Waals surface area contributed by atoms with Gasteiger partial charge in [0, 0.05) is 5.02 Å². The lowest BCUT2D eigenvalue weighted by molar-refractivity contribution is 0.739. The van der Waals surface area contributed by atoms with Gasteiger partial charge in [-0.1, -0.05) is 35.5 Å². The van der Waals surface area contributed by atoms with Gasteiger partial charge in [-0.05, 0) is 24.6 Å². The third-order valence-corrected chi connectivity index (χ3v) is 3.70. The Morgan fingerprint density at radius 3 is 2.86 bits per heavy atom. The molecule has 0 aromatic heterocycles. The average Bonchev–Trinajstić information content (AvgIpc) is 2.45. The SMILES string of the molecule is C[C@H]1N=C(N)SC1c1cccc(Cl)c1. The maximum atomic E-state index is 5.93. The molecule has 1 aliphatic rings. The summed E-state index contributed by atoms with van der Waals surface area (Å²) in [5.74, 6) is 0. The summed E-state index contributed by atoms with van der Waals surface area (Å²) >= 11 is 7.53. The van der Waals surface area contributed by atoms with Crippen LogP contribution in [0.4, 0.5) is 0 Å². The van der Waals surface area contributed by atoms with Crippen molar-refractivity contribution in [2.45, 2.75) is 18.2 Å². The molecule has 1 heterocycles. The van der Waals surface area contributed by atoms with Gasteiger partial charge in [-0.3, -0.25) is 4.99 Å². The molecule has 0 radical (unpaired) electrons. The molecule has 74 valence electrons. The zero-order chi connectivity index (χ0) is 10.1. The number of hydrogen-bond acceptors (Lipinski definition) is 3. The molecule has 2 rings (SSSR count). The first kappa shape index (κ1) is 9.87. The molecule has 0 bridgehead atoms. The van der Waals surface area contributed by atoms with Gasteiger partial charge in [0.15, 0.2) is 5.17 Å². The van der Waals surface area contributed by atoms with Crippen LogP contribution in [0.15, 0.2) is 29.3 Å². The molecule has 1 unspecified atom stereocenters. The van der Waals surface area contributed by atoms with Gasteiger partial charge in [0.25, 0.3) is 0 Å². The van der Waals surface area contributed by atoms with Gasteiger partial charge in [-0.2, -0.15) is 0 Å². The summed E-state index contributed by atoms with van der Waals surface area (Å²) in [5, 5.41) is 1.75. The van der Waals surface area contributed by atoms with Crippen LogP contribution in [0.25, 0.3) is 0 Å². The Morgan fingerprint density at radius 1 is 1.50 bits per heavy atom. The summed E-state index contributed by atoms with van der Waals surface area (Å²) in [6.45, 7) is 2.07. The monoisotopic (exact) mass is 226 g/mol. The van der Waals surface area contributed by atoms with Gasteiger partial charge in [-0.25, -0.2) is 0 Å². The van der Waals surface area contributed by atoms with E-state index >= 15 is 0 Å². The van der Waals surface area contributed by atoms with Crippen molar-refractivity contribution < 1.29 is 0 Å². The van der Waals surface area contributed by atoms with Crippen LogP contribution in [0.5, 0.6) is 0 Å². The molecule has 0 spiro atoms. The maximum absolute atomic E-state index is 5.93. The van der Waals surface area contributed by atoms with E-state index in [1.54, 1.807) is 11.8 Å². The fraction of sp³-hybridized carbons (Fsp3) is 0.300. The lowest BCUT2D eigenvalue weighted by Crippen LogP contribution is -2.04. The predicted molar refractivity (Wildman–Crippen MR) is 62.9 cm³/mol. The van der Waals surface area contributed by atoms with E-state index in [9.17, 15) is 0 Å². The normalized spacial score (nSPS) is 26.3. The van der Waals surface area contributed by atoms with Gasteiger partial charge >= 0.3 is 0 Å². The van der Waals surface area contributed by atoms with Crippen LogP contribution in [0.1, 0.15) is 17.7 Å². The van der Waals surface area contributed by atoms with E-state index in [1.807, 2.05) is 18.2 Å². The van der Waals surface area contributed by atoms with Crippen molar-refractivity contribution in [2.75, 3.05) is 0 Å². The second-order valence-electron chi connectivity index (χ2n) is 3.30. The Bertz CT molecular complexity index is 378. The van der Waals surface area contributed by atoms with E-state index in [1.165, 1.54) is 5.56 Å². The first-order valence-corrected chi connectivity index (χ1v) is 5.68. The number of nitrogens with zero attached hydrogens (tertiary/aromatic N) is 1. The van der Waals surface area contributed by atoms with Crippen LogP contribution in [-0.2, 0) is 0 Å². The zero-order valence-corrected chi connectivity index (χ0v) is 9.35. The van der Waals surface area contributed by atoms with Crippen molar-refractivity contribution in [3.63, 3.8) is 0 Å². The quantitative estimate of drug-likeness (QED) is 0.800. The van der Waals surface area contributed by atoms with Crippen molar-refractivity contribution in [2.24, 2.45) is 10.7 Å². The fourth-order valence-electron chi connectivity index (χ4n) is 1.56. The highest BCUT2D eigenvalue weighted by Crippen LogP contribution is 2.39. The Hall–Kier alpha value is -0.670. The van der Waals surface area contributed by atoms with Crippen molar-refractivity contribution in [1.82, 2.24) is 0 Å². The average molecular weight is 227 g/mol. The number of hydrogen-bond donors (Lipinski definition) is 1. The highest BCUT2D eigenvalue weighted by atomic mass is 35.5. The smallest absolute Gasteiger partial charge is 0.154 e. The third-order valence-electron chi connectivity index (χ3n) is 2.19. The van der Waals surface area contributed by atoms with Crippen LogP contribution in [0.3, 0.4) is 0 Å². The van der Waals surface area contributed by atoms with Crippen LogP contribution in [0.2, 0.25) is 5.02 Å². The minimum absolute atomic E-state index is 0.235. The largest absolute Gasteiger partial charge is 0.379 e. The molecular formula is C10H11ClN2S. The molecule has 4 heteroatoms. The van der Waals surface area contributed by atoms with Crippen LogP contribution >= 0.6 is 23.4 Å². The fourth-order valence-corrected chi connectivity index (χ4v) is 2.78. The number of halogens is 1. The van der Waals surface area contributed by atoms with Crippen molar-refractivity contribution >= 4 is 28.5 Å². The van der Waals surface area contributed by atoms with Crippen LogP contribution in [-0.4, -0.2) is 11.2 Å². The topological polar surface area (TPSA) is 38.4 Å². The molecule has 1 aliphatic heterocycles. The summed E-state index contributed by atoms with van der Waals surface area (Å²) in [6, 6.07) is 8.11. The molecule has 1 aromatic rings. The van der Waals surface area contributed by atoms with E-state index in [2.05, 4.69) is 18.0 Å². The summed E-state index contributed by atoms with van der Waals surface area (Å²) in [7, 11) is 0. The molecule has 0 aliphatic carbocycles. The summed E-state index contributed by atoms with van der Waals surface area (Å²) in [5.41, 5.74) is 6.86. The molecule has 2 nitrogen and oxygen atoms in total. The van der Waals surface area contributed by atoms with E-state index in [0.717, 1.165) is 5.02 Å². The number of nitrogens with two attached hydrogens (primary N) is 1. The summed E-state index contributed by atoms with van der Waals surface area (Å²) < 4.78 is 0. The minimum Gasteiger partial charge on any atom is -0.379 e. The number of rotatable bonds is 1. The summed E-state index contributed by atoms with van der Waals surface area (Å²) in [4.78, 5) is 4.29. The molecule has 0 amide bonds. The second-order valence-corrected chi connectivity index (χ2v) is 4.90. The first-order chi connectivity index (χ1) is 6.66. The maximum Gasteiger partial charge on any atom is 0.154 e. The molecular weight excluding hydrogens is 216 g/mol. The van der Waals surface area contributed by atoms with Crippen molar-refractivity contribution in [1.29, 1.82) is 0 Å². The molecule has 14 heavy (non-hydrogen) atoms. The first-order valence-electron chi connectivity index (χ1n) is 4.42. The van der Waals surface area contributed by atoms with E-state index < -0.39 is 0 Å². The van der Waals surface area contributed by atoms with Crippen molar-refractivity contribution in [3.05, 3.63) is 34.9 Å². The van der Waals surface area contributed by atoms with E-state index in [0.29, 0.717) is 10.4 Å². The minimum atomic E-state index is 0.235. The molecule has 0 saturated carbocycles. The zero-order valence-electron chi connectivity index (χ0n) is 7.77. The van der Waals surface area contributed by atoms with Crippen molar-refractivity contribution in [3.8, 4) is 0 Å². The Labute approximate surface area is 92.5 Å². The third kappa shape index (κ3) is 1.88. The number of benzene rings is 1. The lowest BCUT2D eigenvalue weighted by Gasteiger charge is -2.13. The van der Waals surface area contributed by atoms with Gasteiger partial charge in [0.2, 0.25) is 0 Å². The molecule has 1 aromatic carbocycles. The van der Waals surface area contributed by atoms with E-state index in [4.69, 9.17) is 17.3 Å². The molecule has 2 atom stereocenters. The molecule has 2 N–H and O–H groups in total. The molecule has 0 saturated heterocycles. The van der Waals surface area contributed by atoms with Gasteiger partial charge < -0.3 is 5.73 Å². The highest BCUT2D eigenvalue weighted by molar-refractivity contribution is 8.14. The lowest BCUT2D eigenvalue weighted by atomic mass is 10.1. The van der Waals surface area contributed by atoms with Gasteiger partial charge in [0.1, 0.15) is 0 Å². The van der Waals surface area contributed by atoms with Gasteiger partial charge in [0.05, 0.1) is 11.3 Å². The summed E-state index contributed by atoms with van der Waals surface area (Å²) in [6.07, 6.45) is 0.